The van der Waals surface area contributed by atoms with Crippen LogP contribution in [0.1, 0.15) is 6.92 Å². The highest BCUT2D eigenvalue weighted by atomic mass is 32.2. The average Bonchev–Trinajstić information content (AvgIpc) is 2.37. The van der Waals surface area contributed by atoms with Crippen LogP contribution in [0.15, 0.2) is 29.2 Å². The lowest BCUT2D eigenvalue weighted by Gasteiger charge is -2.23. The fraction of sp³-hybridized carbons (Fsp3) is 0.364. The Morgan fingerprint density at radius 1 is 1.26 bits per heavy atom. The molecule has 3 N–H and O–H groups in total. The molecule has 0 radical (unpaired) electrons. The first-order chi connectivity index (χ1) is 8.75. The Labute approximate surface area is 109 Å². The molecule has 19 heavy (non-hydrogen) atoms. The molecule has 1 aromatic rings. The van der Waals surface area contributed by atoms with Crippen LogP contribution in [-0.2, 0) is 14.8 Å². The Hall–Kier alpha value is -1.51. The van der Waals surface area contributed by atoms with E-state index in [2.05, 4.69) is 0 Å². The summed E-state index contributed by atoms with van der Waals surface area (Å²) in [7, 11) is -4.17. The maximum atomic E-state index is 12.7. The van der Waals surface area contributed by atoms with Crippen LogP contribution in [-0.4, -0.2) is 37.8 Å². The van der Waals surface area contributed by atoms with Crippen molar-refractivity contribution in [1.29, 1.82) is 0 Å². The number of benzene rings is 1. The maximum absolute atomic E-state index is 12.7. The number of rotatable bonds is 5. The summed E-state index contributed by atoms with van der Waals surface area (Å²) < 4.78 is 38.0. The van der Waals surface area contributed by atoms with E-state index in [-0.39, 0.29) is 4.90 Å². The van der Waals surface area contributed by atoms with Gasteiger partial charge in [-0.2, -0.15) is 0 Å². The monoisotopic (exact) mass is 291 g/mol. The van der Waals surface area contributed by atoms with Crippen LogP contribution >= 0.6 is 0 Å². The molecular formula is C11H14FNO5S. The molecule has 0 saturated heterocycles. The van der Waals surface area contributed by atoms with Crippen molar-refractivity contribution in [2.45, 2.75) is 11.8 Å². The zero-order chi connectivity index (χ0) is 14.7. The van der Waals surface area contributed by atoms with E-state index >= 15 is 0 Å². The first-order valence-electron chi connectivity index (χ1n) is 5.30. The van der Waals surface area contributed by atoms with Crippen LogP contribution in [0.5, 0.6) is 0 Å². The van der Waals surface area contributed by atoms with Crippen LogP contribution < -0.4 is 4.72 Å². The van der Waals surface area contributed by atoms with E-state index in [1.807, 2.05) is 0 Å². The molecule has 1 aromatic carbocycles. The molecule has 0 aliphatic heterocycles. The van der Waals surface area contributed by atoms with E-state index in [1.165, 1.54) is 6.92 Å². The van der Waals surface area contributed by atoms with Gasteiger partial charge in [-0.15, -0.1) is 0 Å². The number of carbonyl (C=O) groups is 1. The van der Waals surface area contributed by atoms with Gasteiger partial charge in [0.1, 0.15) is 5.82 Å². The lowest BCUT2D eigenvalue weighted by molar-refractivity contribution is -0.132. The van der Waals surface area contributed by atoms with Gasteiger partial charge in [0.05, 0.1) is 23.5 Å². The first kappa shape index (κ1) is 15.5. The van der Waals surface area contributed by atoms with Crippen molar-refractivity contribution < 1.29 is 27.8 Å². The molecule has 0 heterocycles. The van der Waals surface area contributed by atoms with E-state index < -0.39 is 40.4 Å². The Kier molecular flexibility index (Phi) is 4.61. The molecule has 0 unspecified atom stereocenters. The Bertz CT molecular complexity index is 551. The smallest absolute Gasteiger partial charge is 0.264 e. The summed E-state index contributed by atoms with van der Waals surface area (Å²) in [6.45, 7) is -0.217. The molecule has 0 saturated carbocycles. The van der Waals surface area contributed by atoms with Crippen LogP contribution in [0.3, 0.4) is 0 Å². The van der Waals surface area contributed by atoms with Gasteiger partial charge < -0.3 is 10.2 Å². The minimum absolute atomic E-state index is 0.291. The van der Waals surface area contributed by atoms with E-state index in [4.69, 9.17) is 10.2 Å². The molecule has 0 aliphatic carbocycles. The van der Waals surface area contributed by atoms with Crippen molar-refractivity contribution >= 4 is 15.9 Å². The molecule has 0 spiro atoms. The van der Waals surface area contributed by atoms with Crippen LogP contribution in [0.25, 0.3) is 0 Å². The summed E-state index contributed by atoms with van der Waals surface area (Å²) in [6, 6.07) is 3.88. The van der Waals surface area contributed by atoms with Crippen molar-refractivity contribution in [1.82, 2.24) is 4.72 Å². The molecule has 6 nitrogen and oxygen atoms in total. The first-order valence-corrected chi connectivity index (χ1v) is 6.78. The van der Waals surface area contributed by atoms with Crippen molar-refractivity contribution in [2.75, 3.05) is 13.2 Å². The van der Waals surface area contributed by atoms with Gasteiger partial charge in [0.2, 0.25) is 5.91 Å². The highest BCUT2D eigenvalue weighted by molar-refractivity contribution is 7.90. The van der Waals surface area contributed by atoms with E-state index in [0.717, 1.165) is 24.3 Å². The van der Waals surface area contributed by atoms with Gasteiger partial charge in [0, 0.05) is 0 Å². The third-order valence-electron chi connectivity index (χ3n) is 2.60. The largest absolute Gasteiger partial charge is 0.395 e. The molecule has 0 aliphatic rings. The third kappa shape index (κ3) is 3.49. The number of aliphatic hydroxyl groups excluding tert-OH is 2. The zero-order valence-corrected chi connectivity index (χ0v) is 10.9. The Morgan fingerprint density at radius 2 is 1.74 bits per heavy atom. The fourth-order valence-corrected chi connectivity index (χ4v) is 2.21. The number of carbonyl (C=O) groups excluding carboxylic acids is 1. The number of halogens is 1. The number of hydrogen-bond acceptors (Lipinski definition) is 5. The highest BCUT2D eigenvalue weighted by Gasteiger charge is 2.34. The van der Waals surface area contributed by atoms with Gasteiger partial charge in [0.15, 0.2) is 0 Å². The molecule has 0 bridgehead atoms. The standard InChI is InChI=1S/C11H14FNO5S/c1-11(6-14,7-15)10(16)13-19(17,18)9-4-2-8(12)3-5-9/h2-5,14-15H,6-7H2,1H3,(H,13,16). The van der Waals surface area contributed by atoms with Gasteiger partial charge in [-0.3, -0.25) is 4.79 Å². The predicted octanol–water partition coefficient (Wildman–Crippen LogP) is -0.379. The topological polar surface area (TPSA) is 104 Å². The van der Waals surface area contributed by atoms with E-state index in [0.29, 0.717) is 0 Å². The summed E-state index contributed by atoms with van der Waals surface area (Å²) in [4.78, 5) is 11.4. The minimum Gasteiger partial charge on any atom is -0.395 e. The maximum Gasteiger partial charge on any atom is 0.264 e. The molecule has 1 amide bonds. The van der Waals surface area contributed by atoms with Gasteiger partial charge in [-0.05, 0) is 31.2 Å². The normalized spacial score (nSPS) is 12.2. The lowest BCUT2D eigenvalue weighted by Crippen LogP contribution is -2.46. The van der Waals surface area contributed by atoms with Crippen LogP contribution in [0, 0.1) is 11.2 Å². The Morgan fingerprint density at radius 3 is 2.16 bits per heavy atom. The van der Waals surface area contributed by atoms with Crippen LogP contribution in [0.2, 0.25) is 0 Å². The summed E-state index contributed by atoms with van der Waals surface area (Å²) >= 11 is 0. The molecule has 106 valence electrons. The number of nitrogens with one attached hydrogen (secondary N) is 1. The lowest BCUT2D eigenvalue weighted by atomic mass is 9.92. The van der Waals surface area contributed by atoms with Gasteiger partial charge in [0.25, 0.3) is 10.0 Å². The molecule has 0 atom stereocenters. The molecule has 0 aromatic heterocycles. The molecular weight excluding hydrogens is 277 g/mol. The predicted molar refractivity (Wildman–Crippen MR) is 64.0 cm³/mol. The van der Waals surface area contributed by atoms with Crippen LogP contribution in [0.4, 0.5) is 4.39 Å². The summed E-state index contributed by atoms with van der Waals surface area (Å²) in [6.07, 6.45) is 0. The number of amides is 1. The van der Waals surface area contributed by atoms with Gasteiger partial charge in [-0.25, -0.2) is 17.5 Å². The second kappa shape index (κ2) is 5.64. The van der Waals surface area contributed by atoms with Crippen molar-refractivity contribution in [3.63, 3.8) is 0 Å². The number of hydrogen-bond donors (Lipinski definition) is 3. The second-order valence-electron chi connectivity index (χ2n) is 4.27. The highest BCUT2D eigenvalue weighted by Crippen LogP contribution is 2.17. The SMILES string of the molecule is CC(CO)(CO)C(=O)NS(=O)(=O)c1ccc(F)cc1. The number of aliphatic hydroxyl groups is 2. The number of sulfonamides is 1. The second-order valence-corrected chi connectivity index (χ2v) is 5.95. The Balaban J connectivity index is 2.98. The van der Waals surface area contributed by atoms with Gasteiger partial charge >= 0.3 is 0 Å². The van der Waals surface area contributed by atoms with Crippen molar-refractivity contribution in [3.8, 4) is 0 Å². The average molecular weight is 291 g/mol. The summed E-state index contributed by atoms with van der Waals surface area (Å²) in [5.41, 5.74) is -1.62. The molecule has 1 rings (SSSR count). The van der Waals surface area contributed by atoms with Crippen molar-refractivity contribution in [3.05, 3.63) is 30.1 Å². The summed E-state index contributed by atoms with van der Waals surface area (Å²) in [5.74, 6) is -1.65. The third-order valence-corrected chi connectivity index (χ3v) is 3.94. The summed E-state index contributed by atoms with van der Waals surface area (Å²) in [5, 5.41) is 18.0. The molecule has 0 fully saturated rings. The minimum atomic E-state index is -4.17. The molecule has 8 heteroatoms. The zero-order valence-electron chi connectivity index (χ0n) is 10.1. The van der Waals surface area contributed by atoms with Crippen molar-refractivity contribution in [2.24, 2.45) is 5.41 Å². The van der Waals surface area contributed by atoms with E-state index in [1.54, 1.807) is 4.72 Å². The fourth-order valence-electron chi connectivity index (χ4n) is 1.11. The quantitative estimate of drug-likeness (QED) is 0.686. The van der Waals surface area contributed by atoms with Gasteiger partial charge in [-0.1, -0.05) is 0 Å². The van der Waals surface area contributed by atoms with E-state index in [9.17, 15) is 17.6 Å².